The number of hydrogen-bond donors (Lipinski definition) is 0. The van der Waals surface area contributed by atoms with Crippen molar-refractivity contribution in [2.24, 2.45) is 0 Å². The second-order valence-electron chi connectivity index (χ2n) is 4.91. The zero-order valence-electron chi connectivity index (χ0n) is 9.42. The summed E-state index contributed by atoms with van der Waals surface area (Å²) < 4.78 is 5.38. The molecule has 3 heteroatoms. The van der Waals surface area contributed by atoms with Gasteiger partial charge in [0.05, 0.1) is 5.56 Å². The van der Waals surface area contributed by atoms with Gasteiger partial charge < -0.3 is 4.74 Å². The molecule has 0 fully saturated rings. The third kappa shape index (κ3) is 2.23. The predicted octanol–water partition coefficient (Wildman–Crippen LogP) is 3.19. The van der Waals surface area contributed by atoms with Crippen LogP contribution in [0.1, 0.15) is 48.0 Å². The molecule has 1 aromatic heterocycles. The molecule has 0 aromatic carbocycles. The van der Waals surface area contributed by atoms with Crippen molar-refractivity contribution in [2.75, 3.05) is 0 Å². The van der Waals surface area contributed by atoms with Crippen molar-refractivity contribution in [1.29, 1.82) is 0 Å². The van der Waals surface area contributed by atoms with E-state index in [4.69, 9.17) is 4.74 Å². The number of carbonyl (C=O) groups is 1. The molecule has 1 aliphatic carbocycles. The van der Waals surface area contributed by atoms with Crippen LogP contribution in [0.15, 0.2) is 5.38 Å². The lowest BCUT2D eigenvalue weighted by atomic mass is 10.1. The average Bonchev–Trinajstić information content (AvgIpc) is 2.57. The molecule has 0 spiro atoms. The highest BCUT2D eigenvalue weighted by molar-refractivity contribution is 7.10. The first-order valence-corrected chi connectivity index (χ1v) is 6.18. The molecular weight excluding hydrogens is 208 g/mol. The minimum Gasteiger partial charge on any atom is -0.456 e. The van der Waals surface area contributed by atoms with Crippen LogP contribution in [0.25, 0.3) is 0 Å². The summed E-state index contributed by atoms with van der Waals surface area (Å²) in [5, 5.41) is 1.94. The fourth-order valence-electron chi connectivity index (χ4n) is 1.84. The van der Waals surface area contributed by atoms with Crippen molar-refractivity contribution in [1.82, 2.24) is 0 Å². The van der Waals surface area contributed by atoms with Crippen molar-refractivity contribution < 1.29 is 9.53 Å². The van der Waals surface area contributed by atoms with Gasteiger partial charge in [0.25, 0.3) is 0 Å². The highest BCUT2D eigenvalue weighted by atomic mass is 32.1. The van der Waals surface area contributed by atoms with Crippen LogP contribution in [0.4, 0.5) is 0 Å². The maximum absolute atomic E-state index is 11.9. The van der Waals surface area contributed by atoms with Gasteiger partial charge in [-0.15, -0.1) is 11.3 Å². The van der Waals surface area contributed by atoms with Gasteiger partial charge in [-0.05, 0) is 45.6 Å². The fourth-order valence-corrected chi connectivity index (χ4v) is 2.95. The van der Waals surface area contributed by atoms with E-state index in [0.29, 0.717) is 0 Å². The summed E-state index contributed by atoms with van der Waals surface area (Å²) in [5.41, 5.74) is 1.63. The van der Waals surface area contributed by atoms with Gasteiger partial charge in [0.15, 0.2) is 0 Å². The Labute approximate surface area is 94.3 Å². The zero-order chi connectivity index (χ0) is 11.1. The Bertz CT molecular complexity index is 385. The maximum atomic E-state index is 11.9. The first kappa shape index (κ1) is 10.7. The molecule has 0 amide bonds. The number of thiophene rings is 1. The van der Waals surface area contributed by atoms with E-state index in [0.717, 1.165) is 18.4 Å². The van der Waals surface area contributed by atoms with Crippen LogP contribution in [0.2, 0.25) is 0 Å². The molecule has 2 rings (SSSR count). The molecule has 0 saturated heterocycles. The Morgan fingerprint density at radius 3 is 2.80 bits per heavy atom. The highest BCUT2D eigenvalue weighted by Gasteiger charge is 2.25. The van der Waals surface area contributed by atoms with Crippen molar-refractivity contribution >= 4 is 17.3 Å². The van der Waals surface area contributed by atoms with Crippen LogP contribution in [0, 0.1) is 0 Å². The van der Waals surface area contributed by atoms with Gasteiger partial charge in [0.1, 0.15) is 5.60 Å². The normalized spacial score (nSPS) is 15.1. The molecule has 0 unspecified atom stereocenters. The zero-order valence-corrected chi connectivity index (χ0v) is 10.2. The molecule has 0 saturated carbocycles. The number of carbonyl (C=O) groups excluding carboxylic acids is 1. The monoisotopic (exact) mass is 224 g/mol. The Morgan fingerprint density at radius 1 is 1.40 bits per heavy atom. The molecule has 0 atom stereocenters. The van der Waals surface area contributed by atoms with E-state index in [-0.39, 0.29) is 5.97 Å². The number of rotatable bonds is 1. The van der Waals surface area contributed by atoms with E-state index in [1.54, 1.807) is 11.3 Å². The summed E-state index contributed by atoms with van der Waals surface area (Å²) >= 11 is 1.69. The van der Waals surface area contributed by atoms with Crippen molar-refractivity contribution in [2.45, 2.75) is 45.6 Å². The summed E-state index contributed by atoms with van der Waals surface area (Å²) in [6.07, 6.45) is 3.34. The standard InChI is InChI=1S/C12H16O2S/c1-12(2,3)14-11(13)9-7-15-10-6-4-5-8(9)10/h7H,4-6H2,1-3H3. The van der Waals surface area contributed by atoms with Gasteiger partial charge in [-0.1, -0.05) is 0 Å². The molecule has 1 aromatic rings. The molecule has 15 heavy (non-hydrogen) atoms. The van der Waals surface area contributed by atoms with Gasteiger partial charge in [0, 0.05) is 10.3 Å². The summed E-state index contributed by atoms with van der Waals surface area (Å²) in [6.45, 7) is 5.70. The van der Waals surface area contributed by atoms with Crippen LogP contribution >= 0.6 is 11.3 Å². The molecule has 0 N–H and O–H groups in total. The third-order valence-electron chi connectivity index (χ3n) is 2.43. The summed E-state index contributed by atoms with van der Waals surface area (Å²) in [5.74, 6) is -0.165. The minimum absolute atomic E-state index is 0.165. The molecule has 2 nitrogen and oxygen atoms in total. The molecular formula is C12H16O2S. The van der Waals surface area contributed by atoms with Gasteiger partial charge in [0.2, 0.25) is 0 Å². The lowest BCUT2D eigenvalue weighted by Gasteiger charge is -2.19. The first-order valence-electron chi connectivity index (χ1n) is 5.30. The number of fused-ring (bicyclic) bond motifs is 1. The van der Waals surface area contributed by atoms with E-state index in [9.17, 15) is 4.79 Å². The quantitative estimate of drug-likeness (QED) is 0.685. The van der Waals surface area contributed by atoms with E-state index >= 15 is 0 Å². The van der Waals surface area contributed by atoms with E-state index in [1.165, 1.54) is 16.9 Å². The van der Waals surface area contributed by atoms with Crippen LogP contribution in [-0.2, 0) is 17.6 Å². The largest absolute Gasteiger partial charge is 0.456 e. The molecule has 0 bridgehead atoms. The lowest BCUT2D eigenvalue weighted by molar-refractivity contribution is 0.00691. The third-order valence-corrected chi connectivity index (χ3v) is 3.52. The fraction of sp³-hybridized carbons (Fsp3) is 0.583. The Balaban J connectivity index is 2.20. The molecule has 1 aliphatic rings. The second-order valence-corrected chi connectivity index (χ2v) is 5.87. The first-order chi connectivity index (χ1) is 6.97. The highest BCUT2D eigenvalue weighted by Crippen LogP contribution is 2.32. The van der Waals surface area contributed by atoms with Crippen molar-refractivity contribution in [3.8, 4) is 0 Å². The summed E-state index contributed by atoms with van der Waals surface area (Å²) in [4.78, 5) is 13.2. The van der Waals surface area contributed by atoms with Gasteiger partial charge >= 0.3 is 5.97 Å². The molecule has 0 radical (unpaired) electrons. The molecule has 82 valence electrons. The van der Waals surface area contributed by atoms with Crippen LogP contribution < -0.4 is 0 Å². The van der Waals surface area contributed by atoms with Gasteiger partial charge in [-0.25, -0.2) is 4.79 Å². The molecule has 0 aliphatic heterocycles. The van der Waals surface area contributed by atoms with Gasteiger partial charge in [-0.2, -0.15) is 0 Å². The lowest BCUT2D eigenvalue weighted by Crippen LogP contribution is -2.24. The smallest absolute Gasteiger partial charge is 0.339 e. The Kier molecular flexibility index (Phi) is 2.59. The second kappa shape index (κ2) is 3.63. The SMILES string of the molecule is CC(C)(C)OC(=O)c1csc2c1CCC2. The number of esters is 1. The summed E-state index contributed by atoms with van der Waals surface area (Å²) in [6, 6.07) is 0. The number of aryl methyl sites for hydroxylation is 1. The van der Waals surface area contributed by atoms with Crippen LogP contribution in [0.5, 0.6) is 0 Å². The van der Waals surface area contributed by atoms with E-state index < -0.39 is 5.60 Å². The van der Waals surface area contributed by atoms with Crippen molar-refractivity contribution in [3.63, 3.8) is 0 Å². The van der Waals surface area contributed by atoms with E-state index in [2.05, 4.69) is 0 Å². The minimum atomic E-state index is -0.398. The number of ether oxygens (including phenoxy) is 1. The van der Waals surface area contributed by atoms with Gasteiger partial charge in [-0.3, -0.25) is 0 Å². The number of hydrogen-bond acceptors (Lipinski definition) is 3. The average molecular weight is 224 g/mol. The Morgan fingerprint density at radius 2 is 2.13 bits per heavy atom. The molecule has 1 heterocycles. The maximum Gasteiger partial charge on any atom is 0.339 e. The Hall–Kier alpha value is -0.830. The topological polar surface area (TPSA) is 26.3 Å². The van der Waals surface area contributed by atoms with Crippen LogP contribution in [0.3, 0.4) is 0 Å². The van der Waals surface area contributed by atoms with Crippen LogP contribution in [-0.4, -0.2) is 11.6 Å². The predicted molar refractivity (Wildman–Crippen MR) is 61.5 cm³/mol. The van der Waals surface area contributed by atoms with Crippen molar-refractivity contribution in [3.05, 3.63) is 21.4 Å². The summed E-state index contributed by atoms with van der Waals surface area (Å²) in [7, 11) is 0. The van der Waals surface area contributed by atoms with E-state index in [1.807, 2.05) is 26.2 Å².